The molecule has 1 saturated heterocycles. The summed E-state index contributed by atoms with van der Waals surface area (Å²) in [6.07, 6.45) is 4.02. The highest BCUT2D eigenvalue weighted by Gasteiger charge is 2.18. The Morgan fingerprint density at radius 1 is 1.12 bits per heavy atom. The fourth-order valence-electron chi connectivity index (χ4n) is 3.27. The predicted molar refractivity (Wildman–Crippen MR) is 100 cm³/mol. The highest BCUT2D eigenvalue weighted by molar-refractivity contribution is 6.04. The number of ether oxygens (including phenoxy) is 2. The van der Waals surface area contributed by atoms with Crippen molar-refractivity contribution < 1.29 is 14.3 Å². The number of carbonyl (C=O) groups is 1. The summed E-state index contributed by atoms with van der Waals surface area (Å²) in [7, 11) is 0. The van der Waals surface area contributed by atoms with Gasteiger partial charge in [-0.1, -0.05) is 6.92 Å². The number of hydrogen-bond donors (Lipinski definition) is 1. The largest absolute Gasteiger partial charge is 0.486 e. The van der Waals surface area contributed by atoms with Crippen LogP contribution in [0, 0.1) is 5.92 Å². The first-order chi connectivity index (χ1) is 12.7. The summed E-state index contributed by atoms with van der Waals surface area (Å²) < 4.78 is 11.0. The fourth-order valence-corrected chi connectivity index (χ4v) is 3.27. The summed E-state index contributed by atoms with van der Waals surface area (Å²) in [6, 6.07) is 9.15. The van der Waals surface area contributed by atoms with E-state index in [9.17, 15) is 4.79 Å². The van der Waals surface area contributed by atoms with E-state index in [4.69, 9.17) is 9.47 Å². The molecule has 136 valence electrons. The minimum atomic E-state index is -0.187. The number of rotatable bonds is 3. The Kier molecular flexibility index (Phi) is 4.65. The quantitative estimate of drug-likeness (QED) is 0.917. The van der Waals surface area contributed by atoms with Gasteiger partial charge >= 0.3 is 0 Å². The lowest BCUT2D eigenvalue weighted by atomic mass is 9.99. The summed E-state index contributed by atoms with van der Waals surface area (Å²) in [5, 5.41) is 2.89. The van der Waals surface area contributed by atoms with Gasteiger partial charge < -0.3 is 19.7 Å². The highest BCUT2D eigenvalue weighted by atomic mass is 16.6. The van der Waals surface area contributed by atoms with E-state index in [2.05, 4.69) is 22.1 Å². The highest BCUT2D eigenvalue weighted by Crippen LogP contribution is 2.32. The number of hydrogen-bond acceptors (Lipinski definition) is 5. The number of amides is 1. The maximum absolute atomic E-state index is 12.5. The van der Waals surface area contributed by atoms with E-state index < -0.39 is 0 Å². The maximum atomic E-state index is 12.5. The van der Waals surface area contributed by atoms with E-state index in [0.717, 1.165) is 24.8 Å². The molecule has 0 radical (unpaired) electrons. The first-order valence-corrected chi connectivity index (χ1v) is 9.11. The normalized spacial score (nSPS) is 17.0. The molecule has 0 saturated carbocycles. The standard InChI is InChI=1S/C20H23N3O3/c1-14-6-8-23(9-7-14)19-5-2-15(13-21-19)20(24)22-16-3-4-17-18(12-16)26-11-10-25-17/h2-5,12-14H,6-11H2,1H3,(H,22,24). The van der Waals surface area contributed by atoms with Gasteiger partial charge in [0, 0.05) is 31.0 Å². The van der Waals surface area contributed by atoms with Gasteiger partial charge in [0.1, 0.15) is 19.0 Å². The minimum Gasteiger partial charge on any atom is -0.486 e. The molecule has 1 aromatic carbocycles. The van der Waals surface area contributed by atoms with Crippen molar-refractivity contribution in [1.29, 1.82) is 0 Å². The number of anilines is 2. The van der Waals surface area contributed by atoms with Crippen molar-refractivity contribution in [1.82, 2.24) is 4.98 Å². The molecule has 1 N–H and O–H groups in total. The molecule has 1 fully saturated rings. The molecule has 4 rings (SSSR count). The number of piperidine rings is 1. The van der Waals surface area contributed by atoms with Crippen LogP contribution in [0.4, 0.5) is 11.5 Å². The van der Waals surface area contributed by atoms with E-state index in [1.54, 1.807) is 12.3 Å². The Labute approximate surface area is 153 Å². The smallest absolute Gasteiger partial charge is 0.257 e. The number of pyridine rings is 1. The van der Waals surface area contributed by atoms with Crippen LogP contribution in [-0.4, -0.2) is 37.2 Å². The number of nitrogens with one attached hydrogen (secondary N) is 1. The molecule has 0 aliphatic carbocycles. The molecule has 6 heteroatoms. The summed E-state index contributed by atoms with van der Waals surface area (Å²) >= 11 is 0. The van der Waals surface area contributed by atoms with Crippen LogP contribution in [0.2, 0.25) is 0 Å². The van der Waals surface area contributed by atoms with Gasteiger partial charge in [0.05, 0.1) is 5.56 Å². The number of benzene rings is 1. The van der Waals surface area contributed by atoms with Crippen molar-refractivity contribution in [3.63, 3.8) is 0 Å². The van der Waals surface area contributed by atoms with Crippen molar-refractivity contribution in [2.45, 2.75) is 19.8 Å². The number of fused-ring (bicyclic) bond motifs is 1. The summed E-state index contributed by atoms with van der Waals surface area (Å²) in [4.78, 5) is 19.2. The summed E-state index contributed by atoms with van der Waals surface area (Å²) in [5.74, 6) is 2.89. The average Bonchev–Trinajstić information content (AvgIpc) is 2.68. The van der Waals surface area contributed by atoms with Crippen LogP contribution in [0.25, 0.3) is 0 Å². The first-order valence-electron chi connectivity index (χ1n) is 9.11. The van der Waals surface area contributed by atoms with Gasteiger partial charge in [-0.25, -0.2) is 4.98 Å². The van der Waals surface area contributed by atoms with Crippen molar-refractivity contribution >= 4 is 17.4 Å². The van der Waals surface area contributed by atoms with E-state index in [1.165, 1.54) is 12.8 Å². The first kappa shape index (κ1) is 16.7. The van der Waals surface area contributed by atoms with Crippen LogP contribution in [0.1, 0.15) is 30.1 Å². The predicted octanol–water partition coefficient (Wildman–Crippen LogP) is 3.34. The number of nitrogens with zero attached hydrogens (tertiary/aromatic N) is 2. The zero-order valence-electron chi connectivity index (χ0n) is 14.9. The lowest BCUT2D eigenvalue weighted by Crippen LogP contribution is -2.33. The van der Waals surface area contributed by atoms with Crippen LogP contribution in [0.15, 0.2) is 36.5 Å². The Balaban J connectivity index is 1.42. The molecular weight excluding hydrogens is 330 g/mol. The minimum absolute atomic E-state index is 0.187. The molecule has 1 amide bonds. The van der Waals surface area contributed by atoms with Crippen molar-refractivity contribution in [3.8, 4) is 11.5 Å². The second-order valence-corrected chi connectivity index (χ2v) is 6.89. The van der Waals surface area contributed by atoms with Gasteiger partial charge in [-0.15, -0.1) is 0 Å². The summed E-state index contributed by atoms with van der Waals surface area (Å²) in [6.45, 7) is 5.40. The molecule has 2 aliphatic rings. The van der Waals surface area contributed by atoms with Crippen LogP contribution in [-0.2, 0) is 0 Å². The van der Waals surface area contributed by atoms with Crippen LogP contribution in [0.5, 0.6) is 11.5 Å². The van der Waals surface area contributed by atoms with Gasteiger partial charge in [0.25, 0.3) is 5.91 Å². The molecule has 2 aliphatic heterocycles. The second-order valence-electron chi connectivity index (χ2n) is 6.89. The zero-order valence-corrected chi connectivity index (χ0v) is 14.9. The van der Waals surface area contributed by atoms with Crippen molar-refractivity contribution in [3.05, 3.63) is 42.1 Å². The van der Waals surface area contributed by atoms with Gasteiger partial charge in [0.2, 0.25) is 0 Å². The van der Waals surface area contributed by atoms with Crippen LogP contribution >= 0.6 is 0 Å². The van der Waals surface area contributed by atoms with Gasteiger partial charge in [-0.05, 0) is 43.0 Å². The molecule has 1 aromatic heterocycles. The molecule has 3 heterocycles. The topological polar surface area (TPSA) is 63.7 Å². The Morgan fingerprint density at radius 3 is 2.62 bits per heavy atom. The maximum Gasteiger partial charge on any atom is 0.257 e. The molecular formula is C20H23N3O3. The van der Waals surface area contributed by atoms with Crippen LogP contribution in [0.3, 0.4) is 0 Å². The van der Waals surface area contributed by atoms with E-state index >= 15 is 0 Å². The monoisotopic (exact) mass is 353 g/mol. The van der Waals surface area contributed by atoms with E-state index in [0.29, 0.717) is 36.0 Å². The fraction of sp³-hybridized carbons (Fsp3) is 0.400. The third kappa shape index (κ3) is 3.59. The SMILES string of the molecule is CC1CCN(c2ccc(C(=O)Nc3ccc4c(c3)OCCO4)cn2)CC1. The Morgan fingerprint density at radius 2 is 1.88 bits per heavy atom. The number of carbonyl (C=O) groups excluding carboxylic acids is 1. The van der Waals surface area contributed by atoms with E-state index in [1.807, 2.05) is 24.3 Å². The molecule has 0 bridgehead atoms. The number of aromatic nitrogens is 1. The zero-order chi connectivity index (χ0) is 17.9. The van der Waals surface area contributed by atoms with Crippen LogP contribution < -0.4 is 19.7 Å². The average molecular weight is 353 g/mol. The molecule has 26 heavy (non-hydrogen) atoms. The van der Waals surface area contributed by atoms with Gasteiger partial charge in [0.15, 0.2) is 11.5 Å². The molecule has 2 aromatic rings. The van der Waals surface area contributed by atoms with E-state index in [-0.39, 0.29) is 5.91 Å². The third-order valence-corrected chi connectivity index (χ3v) is 4.92. The third-order valence-electron chi connectivity index (χ3n) is 4.92. The van der Waals surface area contributed by atoms with Gasteiger partial charge in [-0.3, -0.25) is 4.79 Å². The molecule has 0 atom stereocenters. The lowest BCUT2D eigenvalue weighted by molar-refractivity contribution is 0.102. The van der Waals surface area contributed by atoms with Gasteiger partial charge in [-0.2, -0.15) is 0 Å². The Hall–Kier alpha value is -2.76. The molecule has 0 spiro atoms. The molecule has 0 unspecified atom stereocenters. The van der Waals surface area contributed by atoms with Crippen molar-refractivity contribution in [2.24, 2.45) is 5.92 Å². The lowest BCUT2D eigenvalue weighted by Gasteiger charge is -2.31. The second kappa shape index (κ2) is 7.23. The molecule has 6 nitrogen and oxygen atoms in total. The Bertz CT molecular complexity index is 783. The summed E-state index contributed by atoms with van der Waals surface area (Å²) in [5.41, 5.74) is 1.21. The van der Waals surface area contributed by atoms with Crippen molar-refractivity contribution in [2.75, 3.05) is 36.5 Å².